The lowest BCUT2D eigenvalue weighted by Crippen LogP contribution is -2.45. The van der Waals surface area contributed by atoms with Crippen LogP contribution in [-0.2, 0) is 4.79 Å². The molecule has 1 atom stereocenters. The summed E-state index contributed by atoms with van der Waals surface area (Å²) in [6.45, 7) is 2.88. The number of rotatable bonds is 11. The Hall–Kier alpha value is -3.75. The molecule has 0 bridgehead atoms. The number of nitrogens with one attached hydrogen (secondary N) is 3. The van der Waals surface area contributed by atoms with E-state index in [2.05, 4.69) is 69.5 Å². The smallest absolute Gasteiger partial charge is 0.323 e. The van der Waals surface area contributed by atoms with Crippen LogP contribution in [0.25, 0.3) is 10.2 Å². The molecule has 0 radical (unpaired) electrons. The Kier molecular flexibility index (Phi) is 9.77. The molecule has 2 heterocycles. The van der Waals surface area contributed by atoms with E-state index in [1.807, 2.05) is 41.3 Å². The Balaban J connectivity index is 1.26. The zero-order valence-electron chi connectivity index (χ0n) is 22.7. The van der Waals surface area contributed by atoms with E-state index in [0.717, 1.165) is 42.6 Å². The molecule has 0 unspecified atom stereocenters. The van der Waals surface area contributed by atoms with Crippen molar-refractivity contribution in [1.29, 1.82) is 0 Å². The second-order valence-corrected chi connectivity index (χ2v) is 11.3. The number of amides is 3. The number of piperidine rings is 1. The molecule has 1 fully saturated rings. The van der Waals surface area contributed by atoms with E-state index in [0.29, 0.717) is 31.1 Å². The first-order valence-electron chi connectivity index (χ1n) is 14.2. The van der Waals surface area contributed by atoms with Gasteiger partial charge in [-0.25, -0.2) is 9.78 Å². The third-order valence-corrected chi connectivity index (χ3v) is 8.33. The molecule has 3 amide bonds. The molecule has 3 aromatic carbocycles. The van der Waals surface area contributed by atoms with Gasteiger partial charge in [-0.15, -0.1) is 0 Å². The van der Waals surface area contributed by atoms with Crippen molar-refractivity contribution in [3.8, 4) is 0 Å². The maximum Gasteiger partial charge on any atom is 0.323 e. The van der Waals surface area contributed by atoms with Crippen molar-refractivity contribution in [2.24, 2.45) is 0 Å². The molecule has 7 nitrogen and oxygen atoms in total. The number of hydrogen-bond donors (Lipinski definition) is 3. The van der Waals surface area contributed by atoms with Crippen molar-refractivity contribution in [2.45, 2.75) is 44.1 Å². The van der Waals surface area contributed by atoms with Crippen LogP contribution in [-0.4, -0.2) is 54.0 Å². The number of benzene rings is 3. The molecule has 1 aromatic heterocycles. The standard InChI is InChI=1S/C32H37N5O2S/c38-30(34-26-15-9-20-33-23-26)18-10-21-37(32(39)36-31-35-28-16-7-8-17-29(28)40-31)22-19-27(24-11-3-1-4-12-24)25-13-5-2-6-14-25/h1-8,11-14,16-17,26-27,33H,9-10,15,18-23H2,(H,34,38)(H,35,36,39)/t26-/m1/s1. The molecule has 3 N–H and O–H groups in total. The molecule has 40 heavy (non-hydrogen) atoms. The topological polar surface area (TPSA) is 86.4 Å². The summed E-state index contributed by atoms with van der Waals surface area (Å²) in [7, 11) is 0. The first-order chi connectivity index (χ1) is 19.7. The van der Waals surface area contributed by atoms with Gasteiger partial charge in [-0.05, 0) is 55.5 Å². The number of carbonyl (C=O) groups excluding carboxylic acids is 2. The fraction of sp³-hybridized carbons (Fsp3) is 0.344. The maximum absolute atomic E-state index is 13.5. The SMILES string of the molecule is O=C(CCCN(CCC(c1ccccc1)c1ccccc1)C(=O)Nc1nc2ccccc2s1)N[C@@H]1CCCNC1. The first-order valence-corrected chi connectivity index (χ1v) is 15.0. The summed E-state index contributed by atoms with van der Waals surface area (Å²) in [4.78, 5) is 32.6. The maximum atomic E-state index is 13.5. The monoisotopic (exact) mass is 555 g/mol. The number of anilines is 1. The average molecular weight is 556 g/mol. The number of para-hydroxylation sites is 1. The van der Waals surface area contributed by atoms with Crippen molar-refractivity contribution in [1.82, 2.24) is 20.5 Å². The molecule has 208 valence electrons. The largest absolute Gasteiger partial charge is 0.352 e. The minimum absolute atomic E-state index is 0.0479. The molecular weight excluding hydrogens is 518 g/mol. The minimum Gasteiger partial charge on any atom is -0.352 e. The van der Waals surface area contributed by atoms with Crippen molar-refractivity contribution in [2.75, 3.05) is 31.5 Å². The fourth-order valence-electron chi connectivity index (χ4n) is 5.30. The van der Waals surface area contributed by atoms with E-state index in [9.17, 15) is 9.59 Å². The lowest BCUT2D eigenvalue weighted by atomic mass is 9.88. The van der Waals surface area contributed by atoms with Gasteiger partial charge in [-0.2, -0.15) is 0 Å². The highest BCUT2D eigenvalue weighted by atomic mass is 32.1. The van der Waals surface area contributed by atoms with Crippen LogP contribution in [0.1, 0.15) is 49.1 Å². The van der Waals surface area contributed by atoms with Crippen LogP contribution < -0.4 is 16.0 Å². The number of aromatic nitrogens is 1. The molecule has 1 saturated heterocycles. The lowest BCUT2D eigenvalue weighted by molar-refractivity contribution is -0.122. The van der Waals surface area contributed by atoms with E-state index >= 15 is 0 Å². The van der Waals surface area contributed by atoms with Crippen LogP contribution in [0.4, 0.5) is 9.93 Å². The minimum atomic E-state index is -0.184. The van der Waals surface area contributed by atoms with Crippen LogP contribution in [0.2, 0.25) is 0 Å². The van der Waals surface area contributed by atoms with Gasteiger partial charge in [0.25, 0.3) is 0 Å². The molecule has 0 aliphatic carbocycles. The normalized spacial score (nSPS) is 15.2. The molecule has 0 spiro atoms. The van der Waals surface area contributed by atoms with E-state index in [1.54, 1.807) is 0 Å². The van der Waals surface area contributed by atoms with Gasteiger partial charge >= 0.3 is 6.03 Å². The van der Waals surface area contributed by atoms with Crippen LogP contribution in [0, 0.1) is 0 Å². The van der Waals surface area contributed by atoms with Crippen molar-refractivity contribution in [3.05, 3.63) is 96.1 Å². The zero-order chi connectivity index (χ0) is 27.6. The molecule has 0 saturated carbocycles. The number of fused-ring (bicyclic) bond motifs is 1. The van der Waals surface area contributed by atoms with E-state index < -0.39 is 0 Å². The quantitative estimate of drug-likeness (QED) is 0.212. The van der Waals surface area contributed by atoms with Gasteiger partial charge in [-0.3, -0.25) is 10.1 Å². The molecular formula is C32H37N5O2S. The molecule has 5 rings (SSSR count). The molecule has 4 aromatic rings. The highest BCUT2D eigenvalue weighted by Gasteiger charge is 2.21. The number of carbonyl (C=O) groups is 2. The number of hydrogen-bond acceptors (Lipinski definition) is 5. The van der Waals surface area contributed by atoms with E-state index in [1.165, 1.54) is 22.5 Å². The van der Waals surface area contributed by atoms with Gasteiger partial charge in [0, 0.05) is 38.0 Å². The third-order valence-electron chi connectivity index (χ3n) is 7.38. The van der Waals surface area contributed by atoms with Gasteiger partial charge in [0.2, 0.25) is 5.91 Å². The van der Waals surface area contributed by atoms with Gasteiger partial charge in [0.05, 0.1) is 10.2 Å². The summed E-state index contributed by atoms with van der Waals surface area (Å²) < 4.78 is 1.03. The highest BCUT2D eigenvalue weighted by Crippen LogP contribution is 2.29. The van der Waals surface area contributed by atoms with Gasteiger partial charge < -0.3 is 15.5 Å². The Morgan fingerprint density at radius 1 is 0.950 bits per heavy atom. The summed E-state index contributed by atoms with van der Waals surface area (Å²) in [6.07, 6.45) is 3.84. The summed E-state index contributed by atoms with van der Waals surface area (Å²) in [5, 5.41) is 10.1. The Morgan fingerprint density at radius 3 is 2.33 bits per heavy atom. The average Bonchev–Trinajstić information content (AvgIpc) is 3.40. The fourth-order valence-corrected chi connectivity index (χ4v) is 6.15. The van der Waals surface area contributed by atoms with Crippen molar-refractivity contribution < 1.29 is 9.59 Å². The van der Waals surface area contributed by atoms with E-state index in [-0.39, 0.29) is 23.9 Å². The summed E-state index contributed by atoms with van der Waals surface area (Å²) in [5.41, 5.74) is 3.32. The summed E-state index contributed by atoms with van der Waals surface area (Å²) >= 11 is 1.47. The number of nitrogens with zero attached hydrogens (tertiary/aromatic N) is 2. The highest BCUT2D eigenvalue weighted by molar-refractivity contribution is 7.22. The predicted octanol–water partition coefficient (Wildman–Crippen LogP) is 6.00. The van der Waals surface area contributed by atoms with E-state index in [4.69, 9.17) is 0 Å². The number of thiazole rings is 1. The summed E-state index contributed by atoms with van der Waals surface area (Å²) in [5.74, 6) is 0.203. The van der Waals surface area contributed by atoms with Crippen molar-refractivity contribution >= 4 is 38.6 Å². The van der Waals surface area contributed by atoms with Gasteiger partial charge in [0.1, 0.15) is 0 Å². The van der Waals surface area contributed by atoms with Crippen LogP contribution in [0.5, 0.6) is 0 Å². The van der Waals surface area contributed by atoms with Crippen molar-refractivity contribution in [3.63, 3.8) is 0 Å². The predicted molar refractivity (Wildman–Crippen MR) is 163 cm³/mol. The van der Waals surface area contributed by atoms with Crippen LogP contribution in [0.3, 0.4) is 0 Å². The second-order valence-electron chi connectivity index (χ2n) is 10.3. The van der Waals surface area contributed by atoms with Crippen LogP contribution >= 0.6 is 11.3 Å². The molecule has 1 aliphatic heterocycles. The lowest BCUT2D eigenvalue weighted by Gasteiger charge is -2.26. The summed E-state index contributed by atoms with van der Waals surface area (Å²) in [6, 6.07) is 28.8. The molecule has 8 heteroatoms. The Bertz CT molecular complexity index is 1300. The second kappa shape index (κ2) is 14.1. The van der Waals surface area contributed by atoms with Gasteiger partial charge in [-0.1, -0.05) is 84.1 Å². The Labute approximate surface area is 240 Å². The first kappa shape index (κ1) is 27.8. The third kappa shape index (κ3) is 7.67. The van der Waals surface area contributed by atoms with Gasteiger partial charge in [0.15, 0.2) is 5.13 Å². The zero-order valence-corrected chi connectivity index (χ0v) is 23.5. The Morgan fingerprint density at radius 2 is 1.65 bits per heavy atom. The molecule has 1 aliphatic rings. The van der Waals surface area contributed by atoms with Crippen LogP contribution in [0.15, 0.2) is 84.9 Å². The number of urea groups is 1.